The van der Waals surface area contributed by atoms with Crippen molar-refractivity contribution in [2.24, 2.45) is 0 Å². The molecule has 0 heterocycles. The Morgan fingerprint density at radius 1 is 1.25 bits per heavy atom. The van der Waals surface area contributed by atoms with Gasteiger partial charge in [0.15, 0.2) is 0 Å². The molecular formula is C15H22N2O3. The third kappa shape index (κ3) is 3.50. The van der Waals surface area contributed by atoms with E-state index in [-0.39, 0.29) is 0 Å². The molecule has 5 nitrogen and oxygen atoms in total. The van der Waals surface area contributed by atoms with Gasteiger partial charge >= 0.3 is 12.0 Å². The van der Waals surface area contributed by atoms with Crippen LogP contribution in [0.15, 0.2) is 24.3 Å². The Morgan fingerprint density at radius 3 is 2.20 bits per heavy atom. The molecule has 1 aromatic rings. The van der Waals surface area contributed by atoms with Crippen molar-refractivity contribution in [2.75, 3.05) is 11.9 Å². The number of carbonyl (C=O) groups is 2. The number of carboxylic acids is 1. The van der Waals surface area contributed by atoms with Gasteiger partial charge in [0.2, 0.25) is 0 Å². The van der Waals surface area contributed by atoms with E-state index in [2.05, 4.69) is 12.2 Å². The Morgan fingerprint density at radius 2 is 1.80 bits per heavy atom. The van der Waals surface area contributed by atoms with E-state index in [4.69, 9.17) is 5.11 Å². The molecule has 1 atom stereocenters. The Balaban J connectivity index is 2.83. The number of hydrogen-bond donors (Lipinski definition) is 2. The Kier molecular flexibility index (Phi) is 5.13. The molecule has 20 heavy (non-hydrogen) atoms. The van der Waals surface area contributed by atoms with Crippen LogP contribution in [0.1, 0.15) is 32.8 Å². The Hall–Kier alpha value is -2.04. The van der Waals surface area contributed by atoms with Crippen molar-refractivity contribution in [3.8, 4) is 0 Å². The zero-order chi connectivity index (χ0) is 15.3. The van der Waals surface area contributed by atoms with Crippen molar-refractivity contribution in [1.82, 2.24) is 5.32 Å². The maximum atomic E-state index is 12.1. The van der Waals surface area contributed by atoms with Crippen LogP contribution in [-0.4, -0.2) is 29.7 Å². The maximum absolute atomic E-state index is 12.1. The number of hydrogen-bond acceptors (Lipinski definition) is 2. The number of carbonyl (C=O) groups excluding carboxylic acids is 1. The predicted molar refractivity (Wildman–Crippen MR) is 79.1 cm³/mol. The number of urea groups is 1. The van der Waals surface area contributed by atoms with Crippen LogP contribution in [0, 0.1) is 0 Å². The van der Waals surface area contributed by atoms with Gasteiger partial charge in [-0.2, -0.15) is 0 Å². The monoisotopic (exact) mass is 278 g/mol. The molecular weight excluding hydrogens is 256 g/mol. The van der Waals surface area contributed by atoms with E-state index < -0.39 is 17.5 Å². The van der Waals surface area contributed by atoms with Gasteiger partial charge in [-0.3, -0.25) is 4.90 Å². The van der Waals surface area contributed by atoms with Gasteiger partial charge in [-0.15, -0.1) is 0 Å². The molecule has 0 radical (unpaired) electrons. The van der Waals surface area contributed by atoms with Gasteiger partial charge in [0.25, 0.3) is 0 Å². The third-order valence-electron chi connectivity index (χ3n) is 3.60. The molecule has 0 saturated carbocycles. The number of nitrogens with one attached hydrogen (secondary N) is 1. The van der Waals surface area contributed by atoms with Crippen LogP contribution < -0.4 is 10.2 Å². The van der Waals surface area contributed by atoms with Crippen molar-refractivity contribution >= 4 is 17.7 Å². The number of anilines is 1. The van der Waals surface area contributed by atoms with Gasteiger partial charge in [-0.1, -0.05) is 26.0 Å². The topological polar surface area (TPSA) is 69.6 Å². The lowest BCUT2D eigenvalue weighted by Gasteiger charge is -2.28. The number of rotatable bonds is 5. The van der Waals surface area contributed by atoms with Crippen LogP contribution >= 0.6 is 0 Å². The highest BCUT2D eigenvalue weighted by molar-refractivity contribution is 5.95. The summed E-state index contributed by atoms with van der Waals surface area (Å²) in [5, 5.41) is 11.7. The van der Waals surface area contributed by atoms with E-state index in [1.165, 1.54) is 17.4 Å². The summed E-state index contributed by atoms with van der Waals surface area (Å²) in [6.07, 6.45) is 1.25. The van der Waals surface area contributed by atoms with E-state index in [0.29, 0.717) is 6.42 Å². The number of nitrogens with zero attached hydrogens (tertiary/aromatic N) is 1. The van der Waals surface area contributed by atoms with E-state index in [0.717, 1.165) is 12.1 Å². The minimum absolute atomic E-state index is 0.316. The highest BCUT2D eigenvalue weighted by Crippen LogP contribution is 2.16. The van der Waals surface area contributed by atoms with Crippen LogP contribution in [0.2, 0.25) is 0 Å². The number of aliphatic carboxylic acids is 1. The largest absolute Gasteiger partial charge is 0.480 e. The average Bonchev–Trinajstić information content (AvgIpc) is 2.46. The predicted octanol–water partition coefficient (Wildman–Crippen LogP) is 2.65. The number of aryl methyl sites for hydroxylation is 1. The summed E-state index contributed by atoms with van der Waals surface area (Å²) < 4.78 is 0. The summed E-state index contributed by atoms with van der Waals surface area (Å²) in [5.41, 5.74) is 0.657. The number of carboxylic acid groups (broad SMARTS) is 1. The van der Waals surface area contributed by atoms with Crippen LogP contribution in [0.25, 0.3) is 0 Å². The van der Waals surface area contributed by atoms with Crippen LogP contribution in [0.3, 0.4) is 0 Å². The summed E-state index contributed by atoms with van der Waals surface area (Å²) in [6, 6.07) is 7.18. The van der Waals surface area contributed by atoms with E-state index >= 15 is 0 Å². The zero-order valence-electron chi connectivity index (χ0n) is 12.4. The summed E-state index contributed by atoms with van der Waals surface area (Å²) in [4.78, 5) is 24.7. The first kappa shape index (κ1) is 16.0. The molecule has 0 aliphatic carbocycles. The molecule has 2 amide bonds. The van der Waals surface area contributed by atoms with Crippen molar-refractivity contribution < 1.29 is 14.7 Å². The molecule has 0 aliphatic heterocycles. The molecule has 1 aromatic carbocycles. The molecule has 0 aliphatic rings. The number of benzene rings is 1. The van der Waals surface area contributed by atoms with Crippen LogP contribution in [-0.2, 0) is 11.2 Å². The minimum Gasteiger partial charge on any atom is -0.480 e. The van der Waals surface area contributed by atoms with Gasteiger partial charge in [-0.25, -0.2) is 9.59 Å². The molecule has 0 fully saturated rings. The summed E-state index contributed by atoms with van der Waals surface area (Å²) in [7, 11) is 1.62. The quantitative estimate of drug-likeness (QED) is 0.870. The molecule has 2 N–H and O–H groups in total. The van der Waals surface area contributed by atoms with Gasteiger partial charge in [0, 0.05) is 12.7 Å². The molecule has 110 valence electrons. The SMILES string of the molecule is CCc1ccc(N(C)C(=O)NC(C)(CC)C(=O)O)cc1. The molecule has 0 spiro atoms. The summed E-state index contributed by atoms with van der Waals surface area (Å²) >= 11 is 0. The first-order valence-corrected chi connectivity index (χ1v) is 6.72. The fraction of sp³-hybridized carbons (Fsp3) is 0.467. The van der Waals surface area contributed by atoms with E-state index in [1.807, 2.05) is 24.3 Å². The average molecular weight is 278 g/mol. The highest BCUT2D eigenvalue weighted by Gasteiger charge is 2.33. The molecule has 5 heteroatoms. The summed E-state index contributed by atoms with van der Waals surface area (Å²) in [5.74, 6) is -1.04. The van der Waals surface area contributed by atoms with Gasteiger partial charge in [0.05, 0.1) is 0 Å². The van der Waals surface area contributed by atoms with Gasteiger partial charge in [-0.05, 0) is 37.5 Å². The molecule has 0 saturated heterocycles. The van der Waals surface area contributed by atoms with Crippen molar-refractivity contribution in [3.63, 3.8) is 0 Å². The highest BCUT2D eigenvalue weighted by atomic mass is 16.4. The normalized spacial score (nSPS) is 13.4. The van der Waals surface area contributed by atoms with Crippen LogP contribution in [0.4, 0.5) is 10.5 Å². The third-order valence-corrected chi connectivity index (χ3v) is 3.60. The second-order valence-corrected chi connectivity index (χ2v) is 5.00. The Bertz CT molecular complexity index is 484. The second-order valence-electron chi connectivity index (χ2n) is 5.00. The van der Waals surface area contributed by atoms with E-state index in [1.54, 1.807) is 14.0 Å². The van der Waals surface area contributed by atoms with Crippen LogP contribution in [0.5, 0.6) is 0 Å². The van der Waals surface area contributed by atoms with Gasteiger partial charge in [0.1, 0.15) is 5.54 Å². The van der Waals surface area contributed by atoms with Crippen molar-refractivity contribution in [3.05, 3.63) is 29.8 Å². The Labute approximate surface area is 119 Å². The summed E-state index contributed by atoms with van der Waals surface area (Å²) in [6.45, 7) is 5.29. The smallest absolute Gasteiger partial charge is 0.329 e. The molecule has 1 unspecified atom stereocenters. The van der Waals surface area contributed by atoms with Crippen molar-refractivity contribution in [2.45, 2.75) is 39.2 Å². The molecule has 1 rings (SSSR count). The first-order valence-electron chi connectivity index (χ1n) is 6.72. The minimum atomic E-state index is -1.26. The van der Waals surface area contributed by atoms with Gasteiger partial charge < -0.3 is 10.4 Å². The molecule has 0 aromatic heterocycles. The maximum Gasteiger partial charge on any atom is 0.329 e. The lowest BCUT2D eigenvalue weighted by molar-refractivity contribution is -0.143. The lowest BCUT2D eigenvalue weighted by atomic mass is 10.00. The standard InChI is InChI=1S/C15H22N2O3/c1-5-11-7-9-12(10-8-11)17(4)14(20)16-15(3,6-2)13(18)19/h7-10H,5-6H2,1-4H3,(H,16,20)(H,18,19). The fourth-order valence-electron chi connectivity index (χ4n) is 1.69. The van der Waals surface area contributed by atoms with E-state index in [9.17, 15) is 9.59 Å². The van der Waals surface area contributed by atoms with Crippen molar-refractivity contribution in [1.29, 1.82) is 0 Å². The second kappa shape index (κ2) is 6.41. The molecule has 0 bridgehead atoms. The fourth-order valence-corrected chi connectivity index (χ4v) is 1.69. The first-order chi connectivity index (χ1) is 9.34. The number of amides is 2. The lowest BCUT2D eigenvalue weighted by Crippen LogP contribution is -2.55. The zero-order valence-corrected chi connectivity index (χ0v) is 12.4.